The Morgan fingerprint density at radius 2 is 1.66 bits per heavy atom. The number of rotatable bonds is 8. The minimum Gasteiger partial charge on any atom is -0.348 e. The molecule has 1 amide bonds. The predicted octanol–water partition coefficient (Wildman–Crippen LogP) is 5.03. The Bertz CT molecular complexity index is 963. The lowest BCUT2D eigenvalue weighted by molar-refractivity contribution is 0.0952. The minimum atomic E-state index is -3.85. The molecule has 154 valence electrons. The SMILES string of the molecule is C=C/C=C(\C=C/C)S(=O)(=O)Nc1ccccc1C(=O)NCc1ccccc1.CC. The van der Waals surface area contributed by atoms with Crippen LogP contribution in [0.3, 0.4) is 0 Å². The molecule has 5 nitrogen and oxygen atoms in total. The van der Waals surface area contributed by atoms with Gasteiger partial charge in [-0.1, -0.05) is 75.0 Å². The summed E-state index contributed by atoms with van der Waals surface area (Å²) in [5.41, 5.74) is 1.41. The third kappa shape index (κ3) is 7.43. The van der Waals surface area contributed by atoms with Crippen LogP contribution in [0.15, 0.2) is 90.4 Å². The van der Waals surface area contributed by atoms with Crippen molar-refractivity contribution < 1.29 is 13.2 Å². The monoisotopic (exact) mass is 412 g/mol. The molecule has 0 radical (unpaired) electrons. The van der Waals surface area contributed by atoms with Crippen LogP contribution < -0.4 is 10.0 Å². The summed E-state index contributed by atoms with van der Waals surface area (Å²) in [7, 11) is -3.85. The van der Waals surface area contributed by atoms with E-state index in [1.54, 1.807) is 37.3 Å². The lowest BCUT2D eigenvalue weighted by atomic mass is 10.1. The van der Waals surface area contributed by atoms with Gasteiger partial charge in [0.1, 0.15) is 0 Å². The number of anilines is 1. The fraction of sp³-hybridized carbons (Fsp3) is 0.174. The van der Waals surface area contributed by atoms with E-state index in [0.717, 1.165) is 5.56 Å². The van der Waals surface area contributed by atoms with Crippen LogP contribution in [0.1, 0.15) is 36.7 Å². The van der Waals surface area contributed by atoms with E-state index in [4.69, 9.17) is 0 Å². The first-order valence-electron chi connectivity index (χ1n) is 9.37. The second kappa shape index (κ2) is 12.4. The summed E-state index contributed by atoms with van der Waals surface area (Å²) in [6, 6.07) is 15.9. The molecule has 2 aromatic rings. The van der Waals surface area contributed by atoms with Gasteiger partial charge in [-0.05, 0) is 36.8 Å². The van der Waals surface area contributed by atoms with Crippen LogP contribution in [0.25, 0.3) is 0 Å². The summed E-state index contributed by atoms with van der Waals surface area (Å²) in [6.45, 7) is 9.60. The smallest absolute Gasteiger partial charge is 0.261 e. The zero-order valence-corrected chi connectivity index (χ0v) is 17.9. The molecule has 2 N–H and O–H groups in total. The maximum atomic E-state index is 12.6. The van der Waals surface area contributed by atoms with Gasteiger partial charge in [0.25, 0.3) is 15.9 Å². The van der Waals surface area contributed by atoms with E-state index in [0.29, 0.717) is 6.54 Å². The maximum Gasteiger partial charge on any atom is 0.261 e. The second-order valence-corrected chi connectivity index (χ2v) is 7.31. The van der Waals surface area contributed by atoms with Crippen molar-refractivity contribution in [2.75, 3.05) is 4.72 Å². The first-order chi connectivity index (χ1) is 14.0. The molecule has 0 aliphatic carbocycles. The summed E-state index contributed by atoms with van der Waals surface area (Å²) in [5.74, 6) is -0.363. The number of hydrogen-bond acceptors (Lipinski definition) is 3. The first kappa shape index (κ1) is 23.9. The molecule has 2 rings (SSSR count). The van der Waals surface area contributed by atoms with Gasteiger partial charge in [-0.2, -0.15) is 0 Å². The van der Waals surface area contributed by atoms with Crippen molar-refractivity contribution in [2.45, 2.75) is 27.3 Å². The van der Waals surface area contributed by atoms with Gasteiger partial charge in [-0.25, -0.2) is 8.42 Å². The van der Waals surface area contributed by atoms with Gasteiger partial charge in [-0.3, -0.25) is 9.52 Å². The van der Waals surface area contributed by atoms with Crippen LogP contribution in [0.4, 0.5) is 5.69 Å². The topological polar surface area (TPSA) is 75.3 Å². The zero-order chi connectivity index (χ0) is 21.7. The molecule has 6 heteroatoms. The summed E-state index contributed by atoms with van der Waals surface area (Å²) in [5, 5.41) is 2.80. The Labute approximate surface area is 173 Å². The molecule has 29 heavy (non-hydrogen) atoms. The van der Waals surface area contributed by atoms with Gasteiger partial charge in [0.15, 0.2) is 0 Å². The van der Waals surface area contributed by atoms with Crippen molar-refractivity contribution in [1.29, 1.82) is 0 Å². The Morgan fingerprint density at radius 1 is 1.03 bits per heavy atom. The quantitative estimate of drug-likeness (QED) is 0.597. The highest BCUT2D eigenvalue weighted by Crippen LogP contribution is 2.20. The number of amides is 1. The largest absolute Gasteiger partial charge is 0.348 e. The lowest BCUT2D eigenvalue weighted by Gasteiger charge is -2.13. The minimum absolute atomic E-state index is 0.0551. The molecular formula is C23H28N2O3S. The Morgan fingerprint density at radius 3 is 2.28 bits per heavy atom. The molecule has 0 atom stereocenters. The third-order valence-corrected chi connectivity index (χ3v) is 5.02. The van der Waals surface area contributed by atoms with Crippen LogP contribution in [0.2, 0.25) is 0 Å². The Balaban J connectivity index is 0.00000204. The average molecular weight is 413 g/mol. The van der Waals surface area contributed by atoms with Gasteiger partial charge in [0.05, 0.1) is 16.2 Å². The van der Waals surface area contributed by atoms with Gasteiger partial charge >= 0.3 is 0 Å². The fourth-order valence-corrected chi connectivity index (χ4v) is 3.54. The molecule has 0 fully saturated rings. The third-order valence-electron chi connectivity index (χ3n) is 3.64. The van der Waals surface area contributed by atoms with Crippen molar-refractivity contribution in [3.63, 3.8) is 0 Å². The van der Waals surface area contributed by atoms with Crippen LogP contribution in [-0.2, 0) is 16.6 Å². The predicted molar refractivity (Wildman–Crippen MR) is 121 cm³/mol. The average Bonchev–Trinajstić information content (AvgIpc) is 2.74. The van der Waals surface area contributed by atoms with E-state index in [9.17, 15) is 13.2 Å². The Kier molecular flexibility index (Phi) is 10.2. The Hall–Kier alpha value is -3.12. The number of allylic oxidation sites excluding steroid dienone is 4. The normalized spacial score (nSPS) is 11.3. The molecule has 0 aromatic heterocycles. The molecule has 0 aliphatic heterocycles. The second-order valence-electron chi connectivity index (χ2n) is 5.62. The summed E-state index contributed by atoms with van der Waals surface area (Å²) in [6.07, 6.45) is 5.86. The van der Waals surface area contributed by atoms with Gasteiger partial charge in [0.2, 0.25) is 0 Å². The zero-order valence-electron chi connectivity index (χ0n) is 17.1. The van der Waals surface area contributed by atoms with Crippen LogP contribution in [-0.4, -0.2) is 14.3 Å². The number of benzene rings is 2. The molecule has 0 spiro atoms. The van der Waals surface area contributed by atoms with Crippen LogP contribution >= 0.6 is 0 Å². The number of hydrogen-bond donors (Lipinski definition) is 2. The molecule has 0 saturated heterocycles. The van der Waals surface area contributed by atoms with Crippen LogP contribution in [0.5, 0.6) is 0 Å². The van der Waals surface area contributed by atoms with Crippen LogP contribution in [0, 0.1) is 0 Å². The maximum absolute atomic E-state index is 12.6. The molecule has 0 saturated carbocycles. The molecule has 2 aromatic carbocycles. The van der Waals surface area contributed by atoms with E-state index < -0.39 is 10.0 Å². The molecule has 0 bridgehead atoms. The lowest BCUT2D eigenvalue weighted by Crippen LogP contribution is -2.25. The number of para-hydroxylation sites is 1. The van der Waals surface area contributed by atoms with Crippen molar-refractivity contribution >= 4 is 21.6 Å². The summed E-state index contributed by atoms with van der Waals surface area (Å²) < 4.78 is 27.7. The van der Waals surface area contributed by atoms with E-state index >= 15 is 0 Å². The van der Waals surface area contributed by atoms with Crippen molar-refractivity contribution in [3.8, 4) is 0 Å². The van der Waals surface area contributed by atoms with Gasteiger partial charge in [-0.15, -0.1) is 0 Å². The standard InChI is InChI=1S/C21H22N2O3S.C2H6/c1-3-10-18(11-4-2)27(25,26)23-20-15-9-8-14-19(20)21(24)22-16-17-12-6-5-7-13-17;1-2/h3-15,23H,1,16H2,2H3,(H,22,24);1-2H3/b11-4-,18-10+;. The van der Waals surface area contributed by atoms with E-state index in [2.05, 4.69) is 16.6 Å². The highest BCUT2D eigenvalue weighted by Gasteiger charge is 2.19. The van der Waals surface area contributed by atoms with E-state index in [1.807, 2.05) is 44.2 Å². The molecule has 0 unspecified atom stereocenters. The number of nitrogens with one attached hydrogen (secondary N) is 2. The highest BCUT2D eigenvalue weighted by atomic mass is 32.2. The summed E-state index contributed by atoms with van der Waals surface area (Å²) >= 11 is 0. The van der Waals surface area contributed by atoms with Crippen molar-refractivity contribution in [1.82, 2.24) is 5.32 Å². The first-order valence-corrected chi connectivity index (χ1v) is 10.9. The van der Waals surface area contributed by atoms with Crippen molar-refractivity contribution in [3.05, 3.63) is 102 Å². The fourth-order valence-electron chi connectivity index (χ4n) is 2.36. The molecule has 0 heterocycles. The van der Waals surface area contributed by atoms with Crippen molar-refractivity contribution in [2.24, 2.45) is 0 Å². The van der Waals surface area contributed by atoms with E-state index in [1.165, 1.54) is 18.2 Å². The van der Waals surface area contributed by atoms with Gasteiger partial charge < -0.3 is 5.32 Å². The number of carbonyl (C=O) groups excluding carboxylic acids is 1. The molecular weight excluding hydrogens is 384 g/mol. The molecule has 0 aliphatic rings. The summed E-state index contributed by atoms with van der Waals surface area (Å²) in [4.78, 5) is 12.6. The number of sulfonamides is 1. The van der Waals surface area contributed by atoms with Gasteiger partial charge in [0, 0.05) is 6.54 Å². The van der Waals surface area contributed by atoms with E-state index in [-0.39, 0.29) is 22.1 Å². The highest BCUT2D eigenvalue weighted by molar-refractivity contribution is 7.96. The number of carbonyl (C=O) groups is 1.